The molecule has 0 bridgehead atoms. The fraction of sp³-hybridized carbons (Fsp3) is 0.118. The number of nitrogens with one attached hydrogen (secondary N) is 1. The first-order valence-electron chi connectivity index (χ1n) is 7.23. The van der Waals surface area contributed by atoms with E-state index < -0.39 is 23.8 Å². The van der Waals surface area contributed by atoms with Gasteiger partial charge < -0.3 is 11.1 Å². The summed E-state index contributed by atoms with van der Waals surface area (Å²) >= 11 is 5.82. The average Bonchev–Trinajstić information content (AvgIpc) is 2.81. The number of hydrogen-bond acceptors (Lipinski definition) is 4. The Morgan fingerprint density at radius 1 is 1.12 bits per heavy atom. The Hall–Kier alpha value is -2.86. The molecular weight excluding hydrogens is 330 g/mol. The van der Waals surface area contributed by atoms with E-state index in [0.717, 1.165) is 4.90 Å². The number of nitrogens with two attached hydrogens (primary N) is 1. The van der Waals surface area contributed by atoms with Gasteiger partial charge in [-0.3, -0.25) is 19.3 Å². The number of nitrogens with zero attached hydrogens (tertiary/aromatic N) is 1. The zero-order chi connectivity index (χ0) is 17.4. The predicted octanol–water partition coefficient (Wildman–Crippen LogP) is 2.55. The maximum atomic E-state index is 12.4. The Morgan fingerprint density at radius 2 is 1.71 bits per heavy atom. The Balaban J connectivity index is 1.82. The van der Waals surface area contributed by atoms with E-state index in [9.17, 15) is 14.4 Å². The molecule has 1 aliphatic heterocycles. The number of carbonyl (C=O) groups is 3. The van der Waals surface area contributed by atoms with E-state index in [1.807, 2.05) is 0 Å². The minimum Gasteiger partial charge on any atom is -0.397 e. The molecule has 3 rings (SSSR count). The predicted molar refractivity (Wildman–Crippen MR) is 90.9 cm³/mol. The van der Waals surface area contributed by atoms with Crippen LogP contribution in [0.1, 0.15) is 27.6 Å². The summed E-state index contributed by atoms with van der Waals surface area (Å²) in [5, 5.41) is 3.06. The van der Waals surface area contributed by atoms with Gasteiger partial charge in [-0.05, 0) is 37.3 Å². The zero-order valence-corrected chi connectivity index (χ0v) is 13.5. The largest absolute Gasteiger partial charge is 0.397 e. The number of amides is 3. The lowest BCUT2D eigenvalue weighted by molar-refractivity contribution is -0.119. The molecule has 0 spiro atoms. The summed E-state index contributed by atoms with van der Waals surface area (Å²) in [7, 11) is 0. The van der Waals surface area contributed by atoms with Crippen LogP contribution in [0.25, 0.3) is 0 Å². The van der Waals surface area contributed by atoms with Crippen LogP contribution in [0.2, 0.25) is 5.02 Å². The molecule has 122 valence electrons. The number of benzene rings is 2. The van der Waals surface area contributed by atoms with E-state index in [4.69, 9.17) is 17.3 Å². The van der Waals surface area contributed by atoms with E-state index in [1.54, 1.807) is 36.4 Å². The molecule has 24 heavy (non-hydrogen) atoms. The number of hydrogen-bond donors (Lipinski definition) is 2. The molecule has 1 heterocycles. The van der Waals surface area contributed by atoms with Crippen LogP contribution >= 0.6 is 11.6 Å². The minimum atomic E-state index is -0.979. The molecule has 6 nitrogen and oxygen atoms in total. The van der Waals surface area contributed by atoms with Crippen LogP contribution in [-0.4, -0.2) is 28.7 Å². The fourth-order valence-corrected chi connectivity index (χ4v) is 2.74. The molecule has 0 saturated carbocycles. The van der Waals surface area contributed by atoms with Gasteiger partial charge in [-0.1, -0.05) is 23.7 Å². The molecule has 1 unspecified atom stereocenters. The lowest BCUT2D eigenvalue weighted by Crippen LogP contribution is -2.45. The Morgan fingerprint density at radius 3 is 2.25 bits per heavy atom. The quantitative estimate of drug-likeness (QED) is 0.661. The van der Waals surface area contributed by atoms with E-state index in [-0.39, 0.29) is 0 Å². The number of rotatable bonds is 3. The second-order valence-corrected chi connectivity index (χ2v) is 5.86. The standard InChI is InChI=1S/C17H14ClN3O3/c1-9(15(22)20-14-7-6-10(18)8-13(14)19)21-16(23)11-4-2-3-5-12(11)17(21)24/h2-9H,19H2,1H3,(H,20,22). The molecular formula is C17H14ClN3O3. The summed E-state index contributed by atoms with van der Waals surface area (Å²) in [6.45, 7) is 1.49. The number of imide groups is 1. The number of fused-ring (bicyclic) bond motifs is 1. The lowest BCUT2D eigenvalue weighted by Gasteiger charge is -2.22. The molecule has 2 aromatic carbocycles. The fourth-order valence-electron chi connectivity index (χ4n) is 2.56. The lowest BCUT2D eigenvalue weighted by atomic mass is 10.1. The molecule has 0 aromatic heterocycles. The highest BCUT2D eigenvalue weighted by Crippen LogP contribution is 2.26. The first-order valence-corrected chi connectivity index (χ1v) is 7.60. The molecule has 1 aliphatic rings. The number of anilines is 2. The molecule has 7 heteroatoms. The monoisotopic (exact) mass is 343 g/mol. The normalized spacial score (nSPS) is 14.5. The van der Waals surface area contributed by atoms with Gasteiger partial charge in [0.2, 0.25) is 5.91 Å². The van der Waals surface area contributed by atoms with E-state index in [1.165, 1.54) is 13.0 Å². The van der Waals surface area contributed by atoms with Crippen LogP contribution < -0.4 is 11.1 Å². The minimum absolute atomic E-state index is 0.297. The van der Waals surface area contributed by atoms with Gasteiger partial charge >= 0.3 is 0 Å². The van der Waals surface area contributed by atoms with Gasteiger partial charge in [-0.15, -0.1) is 0 Å². The van der Waals surface area contributed by atoms with E-state index in [0.29, 0.717) is 27.5 Å². The first kappa shape index (κ1) is 16.0. The van der Waals surface area contributed by atoms with Crippen molar-refractivity contribution in [1.82, 2.24) is 4.90 Å². The van der Waals surface area contributed by atoms with Gasteiger partial charge in [0.15, 0.2) is 0 Å². The van der Waals surface area contributed by atoms with Crippen LogP contribution in [0.3, 0.4) is 0 Å². The zero-order valence-electron chi connectivity index (χ0n) is 12.7. The van der Waals surface area contributed by atoms with Crippen molar-refractivity contribution in [3.63, 3.8) is 0 Å². The summed E-state index contributed by atoms with van der Waals surface area (Å²) in [4.78, 5) is 38.2. The van der Waals surface area contributed by atoms with Crippen molar-refractivity contribution >= 4 is 40.7 Å². The van der Waals surface area contributed by atoms with E-state index in [2.05, 4.69) is 5.32 Å². The molecule has 0 aliphatic carbocycles. The van der Waals surface area contributed by atoms with Gasteiger partial charge in [-0.2, -0.15) is 0 Å². The smallest absolute Gasteiger partial charge is 0.262 e. The first-order chi connectivity index (χ1) is 11.4. The molecule has 1 atom stereocenters. The number of nitrogen functional groups attached to an aromatic ring is 1. The Kier molecular flexibility index (Phi) is 3.99. The molecule has 0 radical (unpaired) electrons. The van der Waals surface area contributed by atoms with Crippen LogP contribution in [-0.2, 0) is 4.79 Å². The molecule has 2 aromatic rings. The molecule has 3 amide bonds. The summed E-state index contributed by atoms with van der Waals surface area (Å²) in [5.74, 6) is -1.48. The summed E-state index contributed by atoms with van der Waals surface area (Å²) in [6, 6.07) is 10.1. The van der Waals surface area contributed by atoms with Crippen molar-refractivity contribution in [3.05, 3.63) is 58.6 Å². The third kappa shape index (κ3) is 2.61. The summed E-state index contributed by atoms with van der Waals surface area (Å²) in [6.07, 6.45) is 0. The van der Waals surface area contributed by atoms with Crippen LogP contribution in [0, 0.1) is 0 Å². The van der Waals surface area contributed by atoms with Crippen molar-refractivity contribution < 1.29 is 14.4 Å². The third-order valence-electron chi connectivity index (χ3n) is 3.86. The van der Waals surface area contributed by atoms with Crippen LogP contribution in [0.5, 0.6) is 0 Å². The van der Waals surface area contributed by atoms with Crippen molar-refractivity contribution in [2.45, 2.75) is 13.0 Å². The highest BCUT2D eigenvalue weighted by atomic mass is 35.5. The van der Waals surface area contributed by atoms with Gasteiger partial charge in [0.25, 0.3) is 11.8 Å². The summed E-state index contributed by atoms with van der Waals surface area (Å²) in [5.41, 5.74) is 7.06. The molecule has 0 saturated heterocycles. The molecule has 3 N–H and O–H groups in total. The second kappa shape index (κ2) is 5.98. The van der Waals surface area contributed by atoms with Crippen LogP contribution in [0.4, 0.5) is 11.4 Å². The molecule has 0 fully saturated rings. The van der Waals surface area contributed by atoms with Crippen molar-refractivity contribution in [2.75, 3.05) is 11.1 Å². The SMILES string of the molecule is CC(C(=O)Nc1ccc(Cl)cc1N)N1C(=O)c2ccccc2C1=O. The number of carbonyl (C=O) groups excluding carboxylic acids is 3. The van der Waals surface area contributed by atoms with Gasteiger partial charge in [0, 0.05) is 5.02 Å². The maximum Gasteiger partial charge on any atom is 0.262 e. The van der Waals surface area contributed by atoms with Gasteiger partial charge in [0.05, 0.1) is 22.5 Å². The third-order valence-corrected chi connectivity index (χ3v) is 4.10. The highest BCUT2D eigenvalue weighted by Gasteiger charge is 2.40. The van der Waals surface area contributed by atoms with Crippen molar-refractivity contribution in [1.29, 1.82) is 0 Å². The highest BCUT2D eigenvalue weighted by molar-refractivity contribution is 6.31. The maximum absolute atomic E-state index is 12.4. The second-order valence-electron chi connectivity index (χ2n) is 5.42. The average molecular weight is 344 g/mol. The van der Waals surface area contributed by atoms with Crippen molar-refractivity contribution in [2.24, 2.45) is 0 Å². The summed E-state index contributed by atoms with van der Waals surface area (Å²) < 4.78 is 0. The van der Waals surface area contributed by atoms with Gasteiger partial charge in [-0.25, -0.2) is 0 Å². The van der Waals surface area contributed by atoms with Crippen molar-refractivity contribution in [3.8, 4) is 0 Å². The Bertz CT molecular complexity index is 831. The Labute approximate surface area is 143 Å². The van der Waals surface area contributed by atoms with E-state index >= 15 is 0 Å². The van der Waals surface area contributed by atoms with Gasteiger partial charge in [0.1, 0.15) is 6.04 Å². The topological polar surface area (TPSA) is 92.5 Å². The van der Waals surface area contributed by atoms with Crippen LogP contribution in [0.15, 0.2) is 42.5 Å². The number of halogens is 1.